The molecule has 0 aromatic heterocycles. The van der Waals surface area contributed by atoms with Crippen LogP contribution in [0.4, 0.5) is 5.69 Å². The number of methoxy groups -OCH3 is 3. The molecule has 0 aliphatic heterocycles. The molecule has 0 unspecified atom stereocenters. The fourth-order valence-corrected chi connectivity index (χ4v) is 2.63. The Kier molecular flexibility index (Phi) is 8.23. The second-order valence-corrected chi connectivity index (χ2v) is 6.07. The van der Waals surface area contributed by atoms with Crippen LogP contribution in [-0.2, 0) is 9.47 Å². The molecule has 0 bridgehead atoms. The van der Waals surface area contributed by atoms with Gasteiger partial charge in [0.2, 0.25) is 0 Å². The van der Waals surface area contributed by atoms with Crippen LogP contribution < -0.4 is 20.1 Å². The number of benzene rings is 2. The zero-order chi connectivity index (χ0) is 21.2. The van der Waals surface area contributed by atoms with Crippen molar-refractivity contribution in [3.63, 3.8) is 0 Å². The molecule has 0 aliphatic carbocycles. The van der Waals surface area contributed by atoms with Crippen molar-refractivity contribution in [3.05, 3.63) is 53.6 Å². The molecule has 0 fully saturated rings. The molecule has 2 N–H and O–H groups in total. The summed E-state index contributed by atoms with van der Waals surface area (Å²) in [6.07, 6.45) is 0. The summed E-state index contributed by atoms with van der Waals surface area (Å²) in [6.45, 7) is 0.766. The molecule has 9 heteroatoms. The van der Waals surface area contributed by atoms with Gasteiger partial charge in [-0.1, -0.05) is 12.1 Å². The predicted molar refractivity (Wildman–Crippen MR) is 112 cm³/mol. The molecule has 0 amide bonds. The van der Waals surface area contributed by atoms with Crippen molar-refractivity contribution < 1.29 is 28.5 Å². The van der Waals surface area contributed by atoms with Crippen molar-refractivity contribution in [2.24, 2.45) is 0 Å². The summed E-state index contributed by atoms with van der Waals surface area (Å²) in [5.74, 6) is 0.109. The Morgan fingerprint density at radius 3 is 2.07 bits per heavy atom. The highest BCUT2D eigenvalue weighted by atomic mass is 32.1. The summed E-state index contributed by atoms with van der Waals surface area (Å²) in [5, 5.41) is 6.21. The lowest BCUT2D eigenvalue weighted by Crippen LogP contribution is -2.32. The lowest BCUT2D eigenvalue weighted by molar-refractivity contribution is 0.0599. The molecule has 2 rings (SSSR count). The minimum atomic E-state index is -0.581. The van der Waals surface area contributed by atoms with Gasteiger partial charge in [0.1, 0.15) is 6.61 Å². The lowest BCUT2D eigenvalue weighted by atomic mass is 10.1. The number of para-hydroxylation sites is 2. The highest BCUT2D eigenvalue weighted by molar-refractivity contribution is 7.80. The van der Waals surface area contributed by atoms with Gasteiger partial charge < -0.3 is 29.6 Å². The fraction of sp³-hybridized carbons (Fsp3) is 0.250. The van der Waals surface area contributed by atoms with Gasteiger partial charge in [0.15, 0.2) is 16.6 Å². The molecule has 0 aliphatic rings. The van der Waals surface area contributed by atoms with Gasteiger partial charge in [-0.05, 0) is 42.5 Å². The van der Waals surface area contributed by atoms with Gasteiger partial charge in [0, 0.05) is 5.69 Å². The van der Waals surface area contributed by atoms with Gasteiger partial charge in [-0.15, -0.1) is 0 Å². The van der Waals surface area contributed by atoms with Crippen LogP contribution in [0.15, 0.2) is 42.5 Å². The molecule has 29 heavy (non-hydrogen) atoms. The summed E-state index contributed by atoms with van der Waals surface area (Å²) in [4.78, 5) is 23.7. The molecule has 2 aromatic carbocycles. The van der Waals surface area contributed by atoms with Crippen LogP contribution in [0.5, 0.6) is 11.5 Å². The second-order valence-electron chi connectivity index (χ2n) is 5.66. The van der Waals surface area contributed by atoms with Crippen molar-refractivity contribution in [1.82, 2.24) is 5.32 Å². The predicted octanol–water partition coefficient (Wildman–Crippen LogP) is 2.63. The number of esters is 2. The van der Waals surface area contributed by atoms with Crippen molar-refractivity contribution in [2.75, 3.05) is 39.8 Å². The molecular weight excluding hydrogens is 396 g/mol. The van der Waals surface area contributed by atoms with Gasteiger partial charge in [-0.25, -0.2) is 9.59 Å². The normalized spacial score (nSPS) is 9.90. The SMILES string of the molecule is COC(=O)c1cc(NC(=S)NCCOc2ccccc2OC)cc(C(=O)OC)c1. The first-order valence-electron chi connectivity index (χ1n) is 8.61. The summed E-state index contributed by atoms with van der Waals surface area (Å²) >= 11 is 5.25. The maximum Gasteiger partial charge on any atom is 0.337 e. The number of ether oxygens (including phenoxy) is 4. The summed E-state index contributed by atoms with van der Waals surface area (Å²) < 4.78 is 20.3. The Morgan fingerprint density at radius 1 is 0.931 bits per heavy atom. The van der Waals surface area contributed by atoms with Crippen LogP contribution in [0.25, 0.3) is 0 Å². The van der Waals surface area contributed by atoms with E-state index in [0.717, 1.165) is 0 Å². The van der Waals surface area contributed by atoms with Crippen LogP contribution in [0.3, 0.4) is 0 Å². The van der Waals surface area contributed by atoms with Crippen LogP contribution in [-0.4, -0.2) is 51.5 Å². The highest BCUT2D eigenvalue weighted by Crippen LogP contribution is 2.25. The van der Waals surface area contributed by atoms with E-state index in [1.165, 1.54) is 32.4 Å². The third-order valence-electron chi connectivity index (χ3n) is 3.75. The Hall–Kier alpha value is -3.33. The molecule has 0 saturated carbocycles. The topological polar surface area (TPSA) is 95.1 Å². The Balaban J connectivity index is 1.95. The second kappa shape index (κ2) is 10.9. The van der Waals surface area contributed by atoms with E-state index in [4.69, 9.17) is 31.2 Å². The summed E-state index contributed by atoms with van der Waals surface area (Å²) in [7, 11) is 4.09. The Morgan fingerprint density at radius 2 is 1.52 bits per heavy atom. The molecule has 0 radical (unpaired) electrons. The summed E-state index contributed by atoms with van der Waals surface area (Å²) in [6, 6.07) is 11.8. The zero-order valence-electron chi connectivity index (χ0n) is 16.3. The smallest absolute Gasteiger partial charge is 0.337 e. The maximum atomic E-state index is 11.8. The van der Waals surface area contributed by atoms with E-state index in [1.54, 1.807) is 7.11 Å². The first kappa shape index (κ1) is 22.0. The van der Waals surface area contributed by atoms with E-state index in [9.17, 15) is 9.59 Å². The van der Waals surface area contributed by atoms with E-state index < -0.39 is 11.9 Å². The number of carbonyl (C=O) groups excluding carboxylic acids is 2. The van der Waals surface area contributed by atoms with E-state index in [1.807, 2.05) is 24.3 Å². The molecule has 154 valence electrons. The molecular formula is C20H22N2O6S. The number of anilines is 1. The fourth-order valence-electron chi connectivity index (χ4n) is 2.41. The minimum Gasteiger partial charge on any atom is -0.493 e. The molecule has 8 nitrogen and oxygen atoms in total. The summed E-state index contributed by atoms with van der Waals surface area (Å²) in [5.41, 5.74) is 0.830. The van der Waals surface area contributed by atoms with Gasteiger partial charge in [0.05, 0.1) is 39.0 Å². The third kappa shape index (κ3) is 6.35. The van der Waals surface area contributed by atoms with E-state index in [0.29, 0.717) is 35.5 Å². The molecule has 0 saturated heterocycles. The number of thiocarbonyl (C=S) groups is 1. The first-order valence-corrected chi connectivity index (χ1v) is 9.01. The van der Waals surface area contributed by atoms with Crippen LogP contribution in [0.1, 0.15) is 20.7 Å². The highest BCUT2D eigenvalue weighted by Gasteiger charge is 2.14. The van der Waals surface area contributed by atoms with Crippen LogP contribution in [0.2, 0.25) is 0 Å². The Bertz CT molecular complexity index is 853. The lowest BCUT2D eigenvalue weighted by Gasteiger charge is -2.14. The van der Waals surface area contributed by atoms with E-state index in [2.05, 4.69) is 10.6 Å². The third-order valence-corrected chi connectivity index (χ3v) is 3.99. The van der Waals surface area contributed by atoms with Crippen LogP contribution in [0, 0.1) is 0 Å². The molecule has 0 spiro atoms. The van der Waals surface area contributed by atoms with Crippen molar-refractivity contribution in [2.45, 2.75) is 0 Å². The number of hydrogen-bond donors (Lipinski definition) is 2. The van der Waals surface area contributed by atoms with E-state index >= 15 is 0 Å². The maximum absolute atomic E-state index is 11.8. The van der Waals surface area contributed by atoms with E-state index in [-0.39, 0.29) is 11.1 Å². The first-order chi connectivity index (χ1) is 14.0. The standard InChI is InChI=1S/C20H22N2O6S/c1-25-16-6-4-5-7-17(16)28-9-8-21-20(29)22-15-11-13(18(23)26-2)10-14(12-15)19(24)27-3/h4-7,10-12H,8-9H2,1-3H3,(H2,21,22,29). The number of nitrogens with one attached hydrogen (secondary N) is 2. The number of carbonyl (C=O) groups is 2. The van der Waals surface area contributed by atoms with Gasteiger partial charge in [-0.2, -0.15) is 0 Å². The largest absolute Gasteiger partial charge is 0.493 e. The van der Waals surface area contributed by atoms with Crippen molar-refractivity contribution in [3.8, 4) is 11.5 Å². The van der Waals surface area contributed by atoms with Gasteiger partial charge >= 0.3 is 11.9 Å². The molecule has 2 aromatic rings. The van der Waals surface area contributed by atoms with Gasteiger partial charge in [-0.3, -0.25) is 0 Å². The Labute approximate surface area is 174 Å². The van der Waals surface area contributed by atoms with Gasteiger partial charge in [0.25, 0.3) is 0 Å². The van der Waals surface area contributed by atoms with Crippen molar-refractivity contribution >= 4 is 35.0 Å². The monoisotopic (exact) mass is 418 g/mol. The van der Waals surface area contributed by atoms with Crippen molar-refractivity contribution in [1.29, 1.82) is 0 Å². The van der Waals surface area contributed by atoms with Crippen LogP contribution >= 0.6 is 12.2 Å². The average molecular weight is 418 g/mol. The number of hydrogen-bond acceptors (Lipinski definition) is 7. The number of rotatable bonds is 8. The zero-order valence-corrected chi connectivity index (χ0v) is 17.1. The molecule has 0 atom stereocenters. The quantitative estimate of drug-likeness (QED) is 0.381. The average Bonchev–Trinajstić information content (AvgIpc) is 2.75. The molecule has 0 heterocycles. The minimum absolute atomic E-state index is 0.195.